The summed E-state index contributed by atoms with van der Waals surface area (Å²) in [6.45, 7) is 0.459. The third kappa shape index (κ3) is 3.91. The minimum absolute atomic E-state index is 0.106. The molecule has 3 rings (SSSR count). The molecule has 1 aliphatic rings. The molecule has 6 nitrogen and oxygen atoms in total. The number of para-hydroxylation sites is 1. The summed E-state index contributed by atoms with van der Waals surface area (Å²) in [6, 6.07) is 16.7. The Balaban J connectivity index is 1.74. The molecule has 0 N–H and O–H groups in total. The van der Waals surface area contributed by atoms with E-state index in [1.165, 1.54) is 5.01 Å². The molecular weight excluding hydrogens is 330 g/mol. The maximum atomic E-state index is 12.7. The van der Waals surface area contributed by atoms with E-state index < -0.39 is 0 Å². The van der Waals surface area contributed by atoms with Crippen LogP contribution in [0.25, 0.3) is 0 Å². The van der Waals surface area contributed by atoms with Crippen LogP contribution in [0.3, 0.4) is 0 Å². The molecule has 134 valence electrons. The lowest BCUT2D eigenvalue weighted by molar-refractivity contribution is -0.123. The van der Waals surface area contributed by atoms with Crippen molar-refractivity contribution >= 4 is 23.2 Å². The van der Waals surface area contributed by atoms with Crippen molar-refractivity contribution in [2.45, 2.75) is 19.4 Å². The predicted molar refractivity (Wildman–Crippen MR) is 100 cm³/mol. The second kappa shape index (κ2) is 7.82. The number of hydrogen-bond donors (Lipinski definition) is 0. The van der Waals surface area contributed by atoms with Gasteiger partial charge in [-0.3, -0.25) is 9.59 Å². The van der Waals surface area contributed by atoms with Gasteiger partial charge in [-0.1, -0.05) is 30.3 Å². The first kappa shape index (κ1) is 17.7. The SMILES string of the molecule is COc1ccc(CN(C)C(=O)C2=NN(c3ccccc3)C(=O)CC2)cc1. The highest BCUT2D eigenvalue weighted by Gasteiger charge is 2.27. The van der Waals surface area contributed by atoms with Crippen molar-refractivity contribution in [3.8, 4) is 5.75 Å². The van der Waals surface area contributed by atoms with Crippen LogP contribution < -0.4 is 9.75 Å². The van der Waals surface area contributed by atoms with E-state index in [-0.39, 0.29) is 18.2 Å². The van der Waals surface area contributed by atoms with Gasteiger partial charge >= 0.3 is 0 Å². The highest BCUT2D eigenvalue weighted by molar-refractivity contribution is 6.40. The first-order chi connectivity index (χ1) is 12.6. The quantitative estimate of drug-likeness (QED) is 0.832. The molecule has 2 aromatic carbocycles. The molecule has 0 aliphatic carbocycles. The van der Waals surface area contributed by atoms with Crippen LogP contribution in [-0.2, 0) is 16.1 Å². The average Bonchev–Trinajstić information content (AvgIpc) is 2.69. The van der Waals surface area contributed by atoms with Crippen molar-refractivity contribution in [1.82, 2.24) is 4.90 Å². The number of methoxy groups -OCH3 is 1. The Morgan fingerprint density at radius 1 is 1.12 bits per heavy atom. The Morgan fingerprint density at radius 2 is 1.81 bits per heavy atom. The zero-order chi connectivity index (χ0) is 18.5. The Hall–Kier alpha value is -3.15. The number of ether oxygens (including phenoxy) is 1. The molecule has 0 unspecified atom stereocenters. The zero-order valence-electron chi connectivity index (χ0n) is 14.9. The first-order valence-electron chi connectivity index (χ1n) is 8.42. The molecule has 0 saturated heterocycles. The number of nitrogens with zero attached hydrogens (tertiary/aromatic N) is 3. The number of carbonyl (C=O) groups excluding carboxylic acids is 2. The van der Waals surface area contributed by atoms with Gasteiger partial charge in [0.05, 0.1) is 12.8 Å². The van der Waals surface area contributed by atoms with E-state index in [4.69, 9.17) is 4.74 Å². The monoisotopic (exact) mass is 351 g/mol. The molecular formula is C20H21N3O3. The van der Waals surface area contributed by atoms with Crippen molar-refractivity contribution in [3.05, 3.63) is 60.2 Å². The Labute approximate surface area is 152 Å². The smallest absolute Gasteiger partial charge is 0.270 e. The number of rotatable bonds is 5. The lowest BCUT2D eigenvalue weighted by Crippen LogP contribution is -2.39. The van der Waals surface area contributed by atoms with Crippen molar-refractivity contribution in [2.75, 3.05) is 19.2 Å². The van der Waals surface area contributed by atoms with E-state index in [1.807, 2.05) is 42.5 Å². The van der Waals surface area contributed by atoms with Gasteiger partial charge in [-0.25, -0.2) is 5.01 Å². The summed E-state index contributed by atoms with van der Waals surface area (Å²) in [6.07, 6.45) is 0.629. The topological polar surface area (TPSA) is 62.2 Å². The third-order valence-electron chi connectivity index (χ3n) is 4.21. The van der Waals surface area contributed by atoms with Crippen LogP contribution >= 0.6 is 0 Å². The van der Waals surface area contributed by atoms with Gasteiger partial charge in [0, 0.05) is 26.4 Å². The lowest BCUT2D eigenvalue weighted by atomic mass is 10.1. The Bertz CT molecular complexity index is 816. The van der Waals surface area contributed by atoms with Crippen molar-refractivity contribution in [2.24, 2.45) is 5.10 Å². The number of hydrogen-bond acceptors (Lipinski definition) is 4. The van der Waals surface area contributed by atoms with Crippen molar-refractivity contribution < 1.29 is 14.3 Å². The fourth-order valence-corrected chi connectivity index (χ4v) is 2.78. The number of carbonyl (C=O) groups is 2. The summed E-state index contributed by atoms with van der Waals surface area (Å²) in [5.74, 6) is 0.496. The van der Waals surface area contributed by atoms with Gasteiger partial charge in [0.2, 0.25) is 5.91 Å². The third-order valence-corrected chi connectivity index (χ3v) is 4.21. The van der Waals surface area contributed by atoms with Gasteiger partial charge in [-0.05, 0) is 29.8 Å². The van der Waals surface area contributed by atoms with Crippen LogP contribution in [0.15, 0.2) is 59.7 Å². The summed E-state index contributed by atoms with van der Waals surface area (Å²) >= 11 is 0. The van der Waals surface area contributed by atoms with E-state index >= 15 is 0 Å². The molecule has 0 saturated carbocycles. The molecule has 0 radical (unpaired) electrons. The van der Waals surface area contributed by atoms with Gasteiger partial charge in [0.25, 0.3) is 5.91 Å². The number of hydrazone groups is 1. The lowest BCUT2D eigenvalue weighted by Gasteiger charge is -2.25. The molecule has 0 aromatic heterocycles. The summed E-state index contributed by atoms with van der Waals surface area (Å²) in [4.78, 5) is 26.5. The van der Waals surface area contributed by atoms with E-state index in [9.17, 15) is 9.59 Å². The Kier molecular flexibility index (Phi) is 5.31. The van der Waals surface area contributed by atoms with E-state index in [0.717, 1.165) is 11.3 Å². The van der Waals surface area contributed by atoms with E-state index in [0.29, 0.717) is 24.4 Å². The van der Waals surface area contributed by atoms with Crippen LogP contribution in [-0.4, -0.2) is 36.6 Å². The van der Waals surface area contributed by atoms with Crippen molar-refractivity contribution in [1.29, 1.82) is 0 Å². The maximum Gasteiger partial charge on any atom is 0.270 e. The molecule has 2 aromatic rings. The summed E-state index contributed by atoms with van der Waals surface area (Å²) < 4.78 is 5.14. The standard InChI is InChI=1S/C20H21N3O3/c1-22(14-15-8-10-17(26-2)11-9-15)20(25)18-12-13-19(24)23(21-18)16-6-4-3-5-7-16/h3-11H,12-14H2,1-2H3. The Morgan fingerprint density at radius 3 is 2.46 bits per heavy atom. The van der Waals surface area contributed by atoms with Gasteiger partial charge in [0.1, 0.15) is 11.5 Å². The molecule has 1 aliphatic heterocycles. The zero-order valence-corrected chi connectivity index (χ0v) is 14.9. The molecule has 6 heteroatoms. The van der Waals surface area contributed by atoms with Gasteiger partial charge in [0.15, 0.2) is 0 Å². The predicted octanol–water partition coefficient (Wildman–Crippen LogP) is 2.84. The van der Waals surface area contributed by atoms with Crippen LogP contribution in [0.2, 0.25) is 0 Å². The second-order valence-electron chi connectivity index (χ2n) is 6.10. The minimum atomic E-state index is -0.172. The molecule has 0 atom stereocenters. The van der Waals surface area contributed by atoms with Crippen LogP contribution in [0.1, 0.15) is 18.4 Å². The molecule has 0 bridgehead atoms. The van der Waals surface area contributed by atoms with Crippen LogP contribution in [0.5, 0.6) is 5.75 Å². The van der Waals surface area contributed by atoms with Crippen LogP contribution in [0, 0.1) is 0 Å². The average molecular weight is 351 g/mol. The van der Waals surface area contributed by atoms with Gasteiger partial charge in [-0.15, -0.1) is 0 Å². The number of anilines is 1. The van der Waals surface area contributed by atoms with Crippen LogP contribution in [0.4, 0.5) is 5.69 Å². The van der Waals surface area contributed by atoms with E-state index in [2.05, 4.69) is 5.10 Å². The largest absolute Gasteiger partial charge is 0.497 e. The molecule has 0 spiro atoms. The fourth-order valence-electron chi connectivity index (χ4n) is 2.78. The normalized spacial score (nSPS) is 14.0. The number of benzene rings is 2. The molecule has 0 fully saturated rings. The van der Waals surface area contributed by atoms with Crippen molar-refractivity contribution in [3.63, 3.8) is 0 Å². The maximum absolute atomic E-state index is 12.7. The molecule has 26 heavy (non-hydrogen) atoms. The molecule has 1 heterocycles. The highest BCUT2D eigenvalue weighted by atomic mass is 16.5. The number of amides is 2. The fraction of sp³-hybridized carbons (Fsp3) is 0.250. The first-order valence-corrected chi connectivity index (χ1v) is 8.42. The summed E-state index contributed by atoms with van der Waals surface area (Å²) in [7, 11) is 3.35. The summed E-state index contributed by atoms with van der Waals surface area (Å²) in [5.41, 5.74) is 2.05. The highest BCUT2D eigenvalue weighted by Crippen LogP contribution is 2.20. The van der Waals surface area contributed by atoms with E-state index in [1.54, 1.807) is 31.2 Å². The molecule has 2 amide bonds. The second-order valence-corrected chi connectivity index (χ2v) is 6.10. The summed E-state index contributed by atoms with van der Waals surface area (Å²) in [5, 5.41) is 5.63. The minimum Gasteiger partial charge on any atom is -0.497 e. The van der Waals surface area contributed by atoms with Gasteiger partial charge in [-0.2, -0.15) is 5.10 Å². The van der Waals surface area contributed by atoms with Gasteiger partial charge < -0.3 is 9.64 Å².